The van der Waals surface area contributed by atoms with Gasteiger partial charge in [-0.1, -0.05) is 164 Å². The summed E-state index contributed by atoms with van der Waals surface area (Å²) in [5, 5.41) is 18.3. The van der Waals surface area contributed by atoms with E-state index in [2.05, 4.69) is 188 Å². The fraction of sp³-hybridized carbons (Fsp3) is 0. The number of benzene rings is 12. The van der Waals surface area contributed by atoms with Gasteiger partial charge < -0.3 is 8.83 Å². The third-order valence-electron chi connectivity index (χ3n) is 14.0. The molecule has 0 aliphatic carbocycles. The lowest BCUT2D eigenvalue weighted by Gasteiger charge is -2.15. The van der Waals surface area contributed by atoms with Gasteiger partial charge in [-0.3, -0.25) is 0 Å². The average molecular weight is 866 g/mol. The minimum Gasteiger partial charge on any atom is -0.456 e. The molecule has 0 unspecified atom stereocenters. The summed E-state index contributed by atoms with van der Waals surface area (Å²) < 4.78 is 13.5. The van der Waals surface area contributed by atoms with Crippen LogP contribution < -0.4 is 0 Å². The van der Waals surface area contributed by atoms with Crippen molar-refractivity contribution in [1.82, 2.24) is 15.0 Å². The topological polar surface area (TPSA) is 65.0 Å². The van der Waals surface area contributed by atoms with Crippen molar-refractivity contribution in [2.45, 2.75) is 0 Å². The number of para-hydroxylation sites is 1. The molecule has 68 heavy (non-hydrogen) atoms. The molecule has 5 heteroatoms. The summed E-state index contributed by atoms with van der Waals surface area (Å²) >= 11 is 0. The highest BCUT2D eigenvalue weighted by molar-refractivity contribution is 6.35. The zero-order valence-electron chi connectivity index (χ0n) is 36.4. The second-order valence-electron chi connectivity index (χ2n) is 17.9. The molecule has 5 nitrogen and oxygen atoms in total. The van der Waals surface area contributed by atoms with Crippen LogP contribution in [0, 0.1) is 0 Å². The van der Waals surface area contributed by atoms with Crippen LogP contribution >= 0.6 is 0 Å². The monoisotopic (exact) mass is 865 g/mol. The summed E-state index contributed by atoms with van der Waals surface area (Å²) in [7, 11) is 0. The van der Waals surface area contributed by atoms with Gasteiger partial charge in [-0.05, 0) is 119 Å². The normalized spacial score (nSPS) is 12.1. The molecule has 0 saturated heterocycles. The SMILES string of the molecule is c1ccc2cc(-c3nc(-c4ccc5c(-c6cc7c8ccccc8c8ccccc8c7c7oc8cc9ccccc9cc8c67)cccc5c4)nc(-c4ccc5c(c4)oc4ccccc45)n3)ccc2c1. The standard InChI is InChI=1S/C63H35N3O2/c1-2-13-37-30-41(25-24-36(37)12-1)61-64-62(66-63(65-61)43-27-29-50-49-20-9-10-23-55(49)67-56(50)34-43)42-26-28-44-40(31-42)16-11-22-45(44)52-35-53-48-19-6-5-17-46(48)47-18-7-8-21-51(47)58(53)60-59(52)54-32-38-14-3-4-15-39(38)33-57(54)68-60/h1-35H. The smallest absolute Gasteiger partial charge is 0.164 e. The van der Waals surface area contributed by atoms with Gasteiger partial charge in [-0.15, -0.1) is 0 Å². The van der Waals surface area contributed by atoms with Gasteiger partial charge in [0.1, 0.15) is 22.3 Å². The lowest BCUT2D eigenvalue weighted by atomic mass is 9.87. The second-order valence-corrected chi connectivity index (χ2v) is 17.9. The van der Waals surface area contributed by atoms with Crippen LogP contribution in [0.5, 0.6) is 0 Å². The Bertz CT molecular complexity index is 4640. The van der Waals surface area contributed by atoms with Gasteiger partial charge in [0, 0.05) is 43.6 Å². The Balaban J connectivity index is 0.960. The van der Waals surface area contributed by atoms with Gasteiger partial charge in [0.25, 0.3) is 0 Å². The summed E-state index contributed by atoms with van der Waals surface area (Å²) in [4.78, 5) is 15.6. The highest BCUT2D eigenvalue weighted by Crippen LogP contribution is 2.48. The maximum atomic E-state index is 7.11. The molecule has 0 amide bonds. The molecule has 0 aliphatic heterocycles. The van der Waals surface area contributed by atoms with Gasteiger partial charge in [0.15, 0.2) is 17.5 Å². The Morgan fingerprint density at radius 2 is 0.765 bits per heavy atom. The van der Waals surface area contributed by atoms with Crippen LogP contribution in [0.4, 0.5) is 0 Å². The van der Waals surface area contributed by atoms with Crippen molar-refractivity contribution in [1.29, 1.82) is 0 Å². The largest absolute Gasteiger partial charge is 0.456 e. The first-order chi connectivity index (χ1) is 33.7. The first-order valence-corrected chi connectivity index (χ1v) is 23.0. The zero-order valence-corrected chi connectivity index (χ0v) is 36.4. The molecule has 0 fully saturated rings. The molecule has 3 heterocycles. The average Bonchev–Trinajstić information content (AvgIpc) is 3.97. The predicted molar refractivity (Wildman–Crippen MR) is 281 cm³/mol. The van der Waals surface area contributed by atoms with Gasteiger partial charge in [-0.2, -0.15) is 0 Å². The van der Waals surface area contributed by atoms with E-state index in [4.69, 9.17) is 23.8 Å². The highest BCUT2D eigenvalue weighted by atomic mass is 16.3. The summed E-state index contributed by atoms with van der Waals surface area (Å²) in [5.74, 6) is 1.77. The molecule has 3 aromatic heterocycles. The van der Waals surface area contributed by atoms with E-state index < -0.39 is 0 Å². The lowest BCUT2D eigenvalue weighted by Crippen LogP contribution is -2.00. The van der Waals surface area contributed by atoms with Gasteiger partial charge in [0.2, 0.25) is 0 Å². The van der Waals surface area contributed by atoms with Crippen molar-refractivity contribution in [3.8, 4) is 45.3 Å². The summed E-state index contributed by atoms with van der Waals surface area (Å²) in [6.07, 6.45) is 0. The Hall–Kier alpha value is -9.19. The molecule has 15 rings (SSSR count). The fourth-order valence-corrected chi connectivity index (χ4v) is 10.8. The molecule has 0 saturated carbocycles. The zero-order chi connectivity index (χ0) is 44.5. The Labute approximate surface area is 388 Å². The fourth-order valence-electron chi connectivity index (χ4n) is 10.8. The molecule has 0 aliphatic rings. The molecular formula is C63H35N3O2. The van der Waals surface area contributed by atoms with Gasteiger partial charge in [-0.25, -0.2) is 15.0 Å². The van der Waals surface area contributed by atoms with Crippen LogP contribution in [0.1, 0.15) is 0 Å². The Kier molecular flexibility index (Phi) is 7.72. The van der Waals surface area contributed by atoms with Crippen LogP contribution in [-0.4, -0.2) is 15.0 Å². The third-order valence-corrected chi connectivity index (χ3v) is 14.0. The van der Waals surface area contributed by atoms with E-state index in [1.165, 1.54) is 32.3 Å². The van der Waals surface area contributed by atoms with Crippen LogP contribution in [0.15, 0.2) is 221 Å². The van der Waals surface area contributed by atoms with Crippen molar-refractivity contribution < 1.29 is 8.83 Å². The van der Waals surface area contributed by atoms with Crippen molar-refractivity contribution in [3.05, 3.63) is 212 Å². The van der Waals surface area contributed by atoms with Gasteiger partial charge >= 0.3 is 0 Å². The van der Waals surface area contributed by atoms with E-state index >= 15 is 0 Å². The number of aromatic nitrogens is 3. The van der Waals surface area contributed by atoms with E-state index in [0.717, 1.165) is 104 Å². The quantitative estimate of drug-likeness (QED) is 0.165. The van der Waals surface area contributed by atoms with Gasteiger partial charge in [0.05, 0.1) is 0 Å². The second kappa shape index (κ2) is 14.2. The minimum atomic E-state index is 0.576. The molecule has 0 radical (unpaired) electrons. The Morgan fingerprint density at radius 3 is 1.51 bits per heavy atom. The van der Waals surface area contributed by atoms with Crippen LogP contribution in [0.25, 0.3) is 154 Å². The summed E-state index contributed by atoms with van der Waals surface area (Å²) in [6.45, 7) is 0. The molecule has 12 aromatic carbocycles. The predicted octanol–water partition coefficient (Wildman–Crippen LogP) is 17.3. The van der Waals surface area contributed by atoms with E-state index in [9.17, 15) is 0 Å². The highest BCUT2D eigenvalue weighted by Gasteiger charge is 2.23. The maximum Gasteiger partial charge on any atom is 0.164 e. The van der Waals surface area contributed by atoms with Crippen LogP contribution in [0.2, 0.25) is 0 Å². The number of hydrogen-bond acceptors (Lipinski definition) is 5. The van der Waals surface area contributed by atoms with E-state index in [1.807, 2.05) is 24.3 Å². The van der Waals surface area contributed by atoms with Crippen molar-refractivity contribution in [3.63, 3.8) is 0 Å². The molecule has 314 valence electrons. The number of nitrogens with zero attached hydrogens (tertiary/aromatic N) is 3. The summed E-state index contributed by atoms with van der Waals surface area (Å²) in [5.41, 5.74) is 8.34. The summed E-state index contributed by atoms with van der Waals surface area (Å²) in [6, 6.07) is 75.3. The molecule has 0 bridgehead atoms. The van der Waals surface area contributed by atoms with E-state index in [1.54, 1.807) is 0 Å². The maximum absolute atomic E-state index is 7.11. The van der Waals surface area contributed by atoms with E-state index in [0.29, 0.717) is 17.5 Å². The number of furan rings is 2. The lowest BCUT2D eigenvalue weighted by molar-refractivity contribution is 0.669. The van der Waals surface area contributed by atoms with Crippen molar-refractivity contribution in [2.24, 2.45) is 0 Å². The number of rotatable bonds is 4. The van der Waals surface area contributed by atoms with Crippen LogP contribution in [-0.2, 0) is 0 Å². The molecule has 0 spiro atoms. The Morgan fingerprint density at radius 1 is 0.250 bits per heavy atom. The molecular weight excluding hydrogens is 831 g/mol. The minimum absolute atomic E-state index is 0.576. The van der Waals surface area contributed by atoms with Crippen molar-refractivity contribution >= 4 is 109 Å². The van der Waals surface area contributed by atoms with Crippen molar-refractivity contribution in [2.75, 3.05) is 0 Å². The number of hydrogen-bond donors (Lipinski definition) is 0. The number of fused-ring (bicyclic) bond motifs is 16. The van der Waals surface area contributed by atoms with Crippen LogP contribution in [0.3, 0.4) is 0 Å². The molecule has 15 aromatic rings. The molecule has 0 N–H and O–H groups in total. The molecule has 0 atom stereocenters. The first-order valence-electron chi connectivity index (χ1n) is 23.0. The van der Waals surface area contributed by atoms with E-state index in [-0.39, 0.29) is 0 Å². The third kappa shape index (κ3) is 5.53. The first kappa shape index (κ1) is 37.1.